The minimum Gasteiger partial charge on any atom is -0.346 e. The van der Waals surface area contributed by atoms with Crippen molar-refractivity contribution in [2.24, 2.45) is 7.05 Å². The van der Waals surface area contributed by atoms with Gasteiger partial charge in [-0.15, -0.1) is 10.2 Å². The highest BCUT2D eigenvalue weighted by atomic mass is 15.3. The number of hydrogen-bond acceptors (Lipinski definition) is 4. The summed E-state index contributed by atoms with van der Waals surface area (Å²) in [4.78, 5) is 4.46. The third kappa shape index (κ3) is 2.30. The average molecular weight is 234 g/mol. The van der Waals surface area contributed by atoms with Crippen LogP contribution in [0.1, 0.15) is 31.4 Å². The van der Waals surface area contributed by atoms with Crippen LogP contribution >= 0.6 is 0 Å². The summed E-state index contributed by atoms with van der Waals surface area (Å²) in [6.45, 7) is 7.03. The van der Waals surface area contributed by atoms with Crippen LogP contribution in [-0.2, 0) is 13.6 Å². The van der Waals surface area contributed by atoms with Gasteiger partial charge < -0.3 is 14.5 Å². The molecule has 2 aromatic rings. The van der Waals surface area contributed by atoms with Crippen LogP contribution in [0.2, 0.25) is 0 Å². The van der Waals surface area contributed by atoms with Gasteiger partial charge in [0, 0.05) is 19.8 Å². The topological polar surface area (TPSA) is 60.6 Å². The quantitative estimate of drug-likeness (QED) is 0.871. The van der Waals surface area contributed by atoms with E-state index >= 15 is 0 Å². The Labute approximate surface area is 101 Å². The molecule has 0 saturated carbocycles. The molecule has 17 heavy (non-hydrogen) atoms. The number of hydrogen-bond donors (Lipinski definition) is 1. The van der Waals surface area contributed by atoms with E-state index < -0.39 is 0 Å². The number of aromatic nitrogens is 5. The molecule has 0 aromatic carbocycles. The summed E-state index contributed by atoms with van der Waals surface area (Å²) in [5.41, 5.74) is 1.01. The molecule has 0 aliphatic carbocycles. The van der Waals surface area contributed by atoms with Gasteiger partial charge in [-0.05, 0) is 20.8 Å². The van der Waals surface area contributed by atoms with Gasteiger partial charge in [0.15, 0.2) is 5.82 Å². The van der Waals surface area contributed by atoms with E-state index in [0.717, 1.165) is 24.0 Å². The van der Waals surface area contributed by atoms with Crippen LogP contribution in [0.15, 0.2) is 12.5 Å². The average Bonchev–Trinajstić information content (AvgIpc) is 2.84. The molecule has 1 N–H and O–H groups in total. The molecule has 0 amide bonds. The zero-order chi connectivity index (χ0) is 12.4. The largest absolute Gasteiger partial charge is 0.346 e. The van der Waals surface area contributed by atoms with Gasteiger partial charge in [0.05, 0.1) is 11.7 Å². The van der Waals surface area contributed by atoms with Gasteiger partial charge in [0.1, 0.15) is 6.33 Å². The van der Waals surface area contributed by atoms with Gasteiger partial charge in [-0.3, -0.25) is 0 Å². The van der Waals surface area contributed by atoms with Gasteiger partial charge in [0.25, 0.3) is 0 Å². The molecule has 92 valence electrons. The zero-order valence-electron chi connectivity index (χ0n) is 10.7. The first-order valence-electron chi connectivity index (χ1n) is 5.76. The Balaban J connectivity index is 2.18. The van der Waals surface area contributed by atoms with E-state index in [2.05, 4.69) is 32.0 Å². The smallest absolute Gasteiger partial charge is 0.203 e. The Morgan fingerprint density at radius 2 is 2.24 bits per heavy atom. The van der Waals surface area contributed by atoms with Crippen LogP contribution in [0.4, 0.5) is 5.95 Å². The molecule has 0 saturated heterocycles. The number of imidazole rings is 1. The Morgan fingerprint density at radius 1 is 1.47 bits per heavy atom. The van der Waals surface area contributed by atoms with Crippen molar-refractivity contribution >= 4 is 5.95 Å². The van der Waals surface area contributed by atoms with Crippen molar-refractivity contribution in [3.63, 3.8) is 0 Å². The van der Waals surface area contributed by atoms with Gasteiger partial charge in [-0.25, -0.2) is 4.98 Å². The molecule has 6 heteroatoms. The van der Waals surface area contributed by atoms with E-state index in [9.17, 15) is 0 Å². The molecular weight excluding hydrogens is 216 g/mol. The van der Waals surface area contributed by atoms with Gasteiger partial charge in [-0.2, -0.15) is 0 Å². The molecule has 2 heterocycles. The molecule has 0 radical (unpaired) electrons. The second kappa shape index (κ2) is 4.57. The Bertz CT molecular complexity index is 498. The van der Waals surface area contributed by atoms with Gasteiger partial charge >= 0.3 is 0 Å². The molecule has 0 fully saturated rings. The highest BCUT2D eigenvalue weighted by Gasteiger charge is 2.13. The van der Waals surface area contributed by atoms with Crippen LogP contribution in [-0.4, -0.2) is 24.3 Å². The molecule has 1 atom stereocenters. The lowest BCUT2D eigenvalue weighted by Crippen LogP contribution is -2.15. The SMILES string of the molecule is CCn1cc(C)nc1NC(C)c1nncn1C. The number of aryl methyl sites for hydroxylation is 3. The minimum atomic E-state index is 0.0783. The second-order valence-corrected chi connectivity index (χ2v) is 4.16. The fraction of sp³-hybridized carbons (Fsp3) is 0.545. The maximum atomic E-state index is 4.46. The Hall–Kier alpha value is -1.85. The van der Waals surface area contributed by atoms with E-state index in [0.29, 0.717) is 0 Å². The molecule has 6 nitrogen and oxygen atoms in total. The standard InChI is InChI=1S/C11H18N6/c1-5-17-6-8(2)13-11(17)14-9(3)10-15-12-7-16(10)4/h6-7,9H,5H2,1-4H3,(H,13,14). The molecule has 0 spiro atoms. The summed E-state index contributed by atoms with van der Waals surface area (Å²) in [6, 6.07) is 0.0783. The fourth-order valence-electron chi connectivity index (χ4n) is 1.85. The van der Waals surface area contributed by atoms with E-state index in [-0.39, 0.29) is 6.04 Å². The second-order valence-electron chi connectivity index (χ2n) is 4.16. The van der Waals surface area contributed by atoms with Crippen molar-refractivity contribution in [2.75, 3.05) is 5.32 Å². The summed E-state index contributed by atoms with van der Waals surface area (Å²) < 4.78 is 3.99. The van der Waals surface area contributed by atoms with Gasteiger partial charge in [0.2, 0.25) is 5.95 Å². The summed E-state index contributed by atoms with van der Waals surface area (Å²) in [7, 11) is 1.94. The van der Waals surface area contributed by atoms with E-state index in [4.69, 9.17) is 0 Å². The maximum Gasteiger partial charge on any atom is 0.203 e. The highest BCUT2D eigenvalue weighted by Crippen LogP contribution is 2.16. The lowest BCUT2D eigenvalue weighted by atomic mass is 10.3. The van der Waals surface area contributed by atoms with Crippen molar-refractivity contribution in [3.05, 3.63) is 24.0 Å². The number of anilines is 1. The molecule has 0 aliphatic heterocycles. The van der Waals surface area contributed by atoms with Gasteiger partial charge in [-0.1, -0.05) is 0 Å². The summed E-state index contributed by atoms with van der Waals surface area (Å²) in [5, 5.41) is 11.3. The van der Waals surface area contributed by atoms with Crippen molar-refractivity contribution in [2.45, 2.75) is 33.4 Å². The molecule has 2 aromatic heterocycles. The number of rotatable bonds is 4. The minimum absolute atomic E-state index is 0.0783. The summed E-state index contributed by atoms with van der Waals surface area (Å²) >= 11 is 0. The monoisotopic (exact) mass is 234 g/mol. The highest BCUT2D eigenvalue weighted by molar-refractivity contribution is 5.31. The molecule has 2 rings (SSSR count). The van der Waals surface area contributed by atoms with Crippen molar-refractivity contribution in [1.29, 1.82) is 0 Å². The predicted molar refractivity (Wildman–Crippen MR) is 65.7 cm³/mol. The first-order chi connectivity index (χ1) is 8.11. The summed E-state index contributed by atoms with van der Waals surface area (Å²) in [6.07, 6.45) is 3.73. The van der Waals surface area contributed by atoms with Crippen molar-refractivity contribution in [3.8, 4) is 0 Å². The Kier molecular flexibility index (Phi) is 3.12. The molecule has 0 aliphatic rings. The first-order valence-corrected chi connectivity index (χ1v) is 5.76. The van der Waals surface area contributed by atoms with Crippen molar-refractivity contribution < 1.29 is 0 Å². The van der Waals surface area contributed by atoms with Crippen LogP contribution in [0, 0.1) is 6.92 Å². The van der Waals surface area contributed by atoms with Crippen LogP contribution < -0.4 is 5.32 Å². The molecule has 1 unspecified atom stereocenters. The fourth-order valence-corrected chi connectivity index (χ4v) is 1.85. The van der Waals surface area contributed by atoms with Crippen molar-refractivity contribution in [1.82, 2.24) is 24.3 Å². The number of nitrogens with one attached hydrogen (secondary N) is 1. The van der Waals surface area contributed by atoms with Crippen LogP contribution in [0.25, 0.3) is 0 Å². The van der Waals surface area contributed by atoms with Crippen LogP contribution in [0.5, 0.6) is 0 Å². The summed E-state index contributed by atoms with van der Waals surface area (Å²) in [5.74, 6) is 1.77. The molecular formula is C11H18N6. The number of nitrogens with zero attached hydrogens (tertiary/aromatic N) is 5. The predicted octanol–water partition coefficient (Wildman–Crippen LogP) is 1.51. The normalized spacial score (nSPS) is 12.7. The maximum absolute atomic E-state index is 4.46. The lowest BCUT2D eigenvalue weighted by Gasteiger charge is -2.14. The Morgan fingerprint density at radius 3 is 2.82 bits per heavy atom. The molecule has 0 bridgehead atoms. The van der Waals surface area contributed by atoms with E-state index in [1.54, 1.807) is 6.33 Å². The zero-order valence-corrected chi connectivity index (χ0v) is 10.7. The van der Waals surface area contributed by atoms with E-state index in [1.165, 1.54) is 0 Å². The van der Waals surface area contributed by atoms with Crippen LogP contribution in [0.3, 0.4) is 0 Å². The third-order valence-corrected chi connectivity index (χ3v) is 2.72. The lowest BCUT2D eigenvalue weighted by molar-refractivity contribution is 0.691. The van der Waals surface area contributed by atoms with E-state index in [1.807, 2.05) is 31.7 Å². The first kappa shape index (κ1) is 11.6. The third-order valence-electron chi connectivity index (χ3n) is 2.72.